The number of hydrogen-bond acceptors (Lipinski definition) is 3. The van der Waals surface area contributed by atoms with Crippen molar-refractivity contribution in [3.8, 4) is 50.4 Å². The third-order valence-corrected chi connectivity index (χ3v) is 20.4. The van der Waals surface area contributed by atoms with E-state index < -0.39 is 0 Å². The Labute approximate surface area is 593 Å². The van der Waals surface area contributed by atoms with Gasteiger partial charge in [0.2, 0.25) is 0 Å². The zero-order valence-corrected chi connectivity index (χ0v) is 56.0. The fourth-order valence-electron chi connectivity index (χ4n) is 15.7. The van der Waals surface area contributed by atoms with Gasteiger partial charge in [-0.15, -0.1) is 0 Å². The molecule has 1 aliphatic carbocycles. The monoisotopic (exact) mass is 1300 g/mol. The summed E-state index contributed by atoms with van der Waals surface area (Å²) in [5, 5.41) is 5.89. The maximum absolute atomic E-state index is 2.50. The quantitative estimate of drug-likeness (QED) is 0.102. The zero-order valence-electron chi connectivity index (χ0n) is 56.0. The highest BCUT2D eigenvalue weighted by Gasteiger charge is 2.27. The highest BCUT2D eigenvalue weighted by Crippen LogP contribution is 2.49. The van der Waals surface area contributed by atoms with Crippen LogP contribution < -0.4 is 14.7 Å². The largest absolute Gasteiger partial charge is 0.313 e. The molecule has 6 nitrogen and oxygen atoms in total. The Morgan fingerprint density at radius 3 is 0.873 bits per heavy atom. The molecule has 18 aromatic rings. The zero-order chi connectivity index (χ0) is 67.5. The molecule has 482 valence electrons. The summed E-state index contributed by atoms with van der Waals surface area (Å²) in [6, 6.07) is 138. The van der Waals surface area contributed by atoms with Crippen LogP contribution in [-0.4, -0.2) is 13.7 Å². The number of para-hydroxylation sites is 5. The summed E-state index contributed by atoms with van der Waals surface area (Å²) < 4.78 is 7.33. The van der Waals surface area contributed by atoms with Crippen LogP contribution in [0.15, 0.2) is 382 Å². The number of benzene rings is 15. The summed E-state index contributed by atoms with van der Waals surface area (Å²) in [7, 11) is 0. The van der Waals surface area contributed by atoms with Gasteiger partial charge in [-0.05, 0) is 204 Å². The van der Waals surface area contributed by atoms with E-state index in [-0.39, 0.29) is 0 Å². The predicted octanol–water partition coefficient (Wildman–Crippen LogP) is 26.2. The van der Waals surface area contributed by atoms with E-state index in [1.54, 1.807) is 0 Å². The van der Waals surface area contributed by atoms with Crippen molar-refractivity contribution in [1.29, 1.82) is 0 Å². The molecule has 0 amide bonds. The van der Waals surface area contributed by atoms with Gasteiger partial charge in [0.15, 0.2) is 0 Å². The van der Waals surface area contributed by atoms with E-state index in [0.29, 0.717) is 0 Å². The molecule has 1 aliphatic rings. The van der Waals surface area contributed by atoms with E-state index in [0.717, 1.165) is 114 Å². The smallest absolute Gasteiger partial charge is 0.0542 e. The van der Waals surface area contributed by atoms with Gasteiger partial charge in [0.05, 0.1) is 44.6 Å². The summed E-state index contributed by atoms with van der Waals surface area (Å²) >= 11 is 0. The van der Waals surface area contributed by atoms with Crippen molar-refractivity contribution >= 4 is 112 Å². The molecule has 0 bridgehead atoms. The third kappa shape index (κ3) is 10.6. The summed E-state index contributed by atoms with van der Waals surface area (Å²) in [5.74, 6) is 0. The number of anilines is 9. The number of nitrogens with zero attached hydrogens (tertiary/aromatic N) is 6. The van der Waals surface area contributed by atoms with E-state index in [1.807, 2.05) is 0 Å². The summed E-state index contributed by atoms with van der Waals surface area (Å²) in [5.41, 5.74) is 28.0. The van der Waals surface area contributed by atoms with E-state index in [1.165, 1.54) is 66.3 Å². The molecule has 3 heterocycles. The molecule has 102 heavy (non-hydrogen) atoms. The second-order valence-corrected chi connectivity index (χ2v) is 26.4. The molecule has 0 aliphatic heterocycles. The third-order valence-electron chi connectivity index (χ3n) is 20.4. The highest BCUT2D eigenvalue weighted by atomic mass is 15.2. The van der Waals surface area contributed by atoms with Gasteiger partial charge in [0.25, 0.3) is 0 Å². The standard InChI is InChI=1S/C96H68N6/c1-7-25-67(26-8-1)70-43-49-76(50-44-70)100-91-40-22-19-37-85(91)88-64-79(55-58-94(88)100)97(73-31-13-4-14-32-73)82-61-83(98(74-33-15-5-16-34-74)80-56-59-95-89(65-80)86-38-20-23-41-92(86)101(95)77-51-45-71(46-52-77)68-27-9-2-10-28-68)63-84(62-82)99(75-35-17-6-18-36-75)81-57-60-96-90(66-81)87-39-21-24-42-93(87)102(96)78-53-47-72(48-54-78)69-29-11-3-12-30-69/h1-23,25-41,43-66H,24,42H2. The molecule has 0 unspecified atom stereocenters. The number of rotatable bonds is 15. The van der Waals surface area contributed by atoms with E-state index in [4.69, 9.17) is 0 Å². The lowest BCUT2D eigenvalue weighted by Gasteiger charge is -2.33. The van der Waals surface area contributed by atoms with Gasteiger partial charge in [-0.1, -0.05) is 231 Å². The van der Waals surface area contributed by atoms with Gasteiger partial charge in [-0.2, -0.15) is 0 Å². The average molecular weight is 1310 g/mol. The summed E-state index contributed by atoms with van der Waals surface area (Å²) in [6.45, 7) is 0. The number of fused-ring (bicyclic) bond motifs is 9. The van der Waals surface area contributed by atoms with Crippen molar-refractivity contribution in [2.24, 2.45) is 0 Å². The van der Waals surface area contributed by atoms with Gasteiger partial charge in [0.1, 0.15) is 0 Å². The Hall–Kier alpha value is -13.4. The van der Waals surface area contributed by atoms with Crippen LogP contribution in [0.3, 0.4) is 0 Å². The van der Waals surface area contributed by atoms with Crippen molar-refractivity contribution < 1.29 is 0 Å². The first kappa shape index (κ1) is 59.8. The maximum Gasteiger partial charge on any atom is 0.0542 e. The summed E-state index contributed by atoms with van der Waals surface area (Å²) in [4.78, 5) is 7.36. The van der Waals surface area contributed by atoms with Gasteiger partial charge in [-0.25, -0.2) is 0 Å². The molecule has 3 aromatic heterocycles. The van der Waals surface area contributed by atoms with Crippen molar-refractivity contribution in [3.63, 3.8) is 0 Å². The first-order valence-electron chi connectivity index (χ1n) is 35.2. The minimum atomic E-state index is 0.942. The first-order valence-corrected chi connectivity index (χ1v) is 35.2. The van der Waals surface area contributed by atoms with Crippen LogP contribution >= 0.6 is 0 Å². The Bertz CT molecular complexity index is 5880. The Morgan fingerprint density at radius 2 is 0.500 bits per heavy atom. The molecule has 6 heteroatoms. The topological polar surface area (TPSA) is 24.5 Å². The van der Waals surface area contributed by atoms with Gasteiger partial charge >= 0.3 is 0 Å². The molecule has 0 saturated carbocycles. The molecule has 0 atom stereocenters. The SMILES string of the molecule is C1=Cc2c(n(-c3ccc(-c4ccccc4)cc3)c3ccc(N(c4ccccc4)c4cc(N(c5ccccc5)c5ccc6c(c5)c5ccccc5n6-c5ccc(-c6ccccc6)cc5)cc(N(c5ccccc5)c5ccc6c(c5)c5ccccc5n6-c5ccc(-c6ccccc6)cc5)c4)cc23)CC1. The minimum absolute atomic E-state index is 0.942. The Kier molecular flexibility index (Phi) is 14.9. The lowest BCUT2D eigenvalue weighted by molar-refractivity contribution is 0.888. The molecule has 0 spiro atoms. The molecule has 0 fully saturated rings. The van der Waals surface area contributed by atoms with E-state index >= 15 is 0 Å². The van der Waals surface area contributed by atoms with Crippen LogP contribution in [0.4, 0.5) is 51.2 Å². The fraction of sp³-hybridized carbons (Fsp3) is 0.0208. The van der Waals surface area contributed by atoms with Gasteiger partial charge in [0, 0.05) is 89.4 Å². The van der Waals surface area contributed by atoms with Crippen molar-refractivity contribution in [2.75, 3.05) is 14.7 Å². The predicted molar refractivity (Wildman–Crippen MR) is 430 cm³/mol. The van der Waals surface area contributed by atoms with Gasteiger partial charge < -0.3 is 28.4 Å². The van der Waals surface area contributed by atoms with Crippen LogP contribution in [0, 0.1) is 0 Å². The van der Waals surface area contributed by atoms with Crippen molar-refractivity contribution in [2.45, 2.75) is 12.8 Å². The molecule has 0 saturated heterocycles. The van der Waals surface area contributed by atoms with Crippen molar-refractivity contribution in [3.05, 3.63) is 393 Å². The Balaban J connectivity index is 0.826. The second kappa shape index (κ2) is 25.5. The molecule has 15 aromatic carbocycles. The molecule has 0 N–H and O–H groups in total. The van der Waals surface area contributed by atoms with Crippen LogP contribution in [0.1, 0.15) is 17.7 Å². The van der Waals surface area contributed by atoms with Gasteiger partial charge in [-0.3, -0.25) is 0 Å². The maximum atomic E-state index is 2.50. The lowest BCUT2D eigenvalue weighted by atomic mass is 10.0. The molecular formula is C96H68N6. The second-order valence-electron chi connectivity index (χ2n) is 26.4. The average Bonchev–Trinajstić information content (AvgIpc) is 1.61. The Morgan fingerprint density at radius 1 is 0.206 bits per heavy atom. The molecular weight excluding hydrogens is 1240 g/mol. The molecule has 19 rings (SSSR count). The molecule has 0 radical (unpaired) electrons. The lowest BCUT2D eigenvalue weighted by Crippen LogP contribution is -2.16. The van der Waals surface area contributed by atoms with Crippen LogP contribution in [0.25, 0.3) is 111 Å². The van der Waals surface area contributed by atoms with Crippen LogP contribution in [0.2, 0.25) is 0 Å². The first-order chi connectivity index (χ1) is 50.6. The minimum Gasteiger partial charge on any atom is -0.313 e. The van der Waals surface area contributed by atoms with Crippen molar-refractivity contribution in [1.82, 2.24) is 13.7 Å². The fourth-order valence-corrected chi connectivity index (χ4v) is 15.7. The van der Waals surface area contributed by atoms with Crippen LogP contribution in [-0.2, 0) is 6.42 Å². The number of aromatic nitrogens is 3. The number of hydrogen-bond donors (Lipinski definition) is 0. The number of allylic oxidation sites excluding steroid dienone is 1. The highest BCUT2D eigenvalue weighted by molar-refractivity contribution is 6.12. The van der Waals surface area contributed by atoms with Crippen LogP contribution in [0.5, 0.6) is 0 Å². The van der Waals surface area contributed by atoms with E-state index in [9.17, 15) is 0 Å². The normalized spacial score (nSPS) is 12.0. The van der Waals surface area contributed by atoms with E-state index in [2.05, 4.69) is 417 Å². The summed E-state index contributed by atoms with van der Waals surface area (Å²) in [6.07, 6.45) is 6.62.